The first-order chi connectivity index (χ1) is 12.6. The first-order valence-electron chi connectivity index (χ1n) is 8.64. The van der Waals surface area contributed by atoms with Crippen LogP contribution in [0, 0.1) is 5.82 Å². The molecule has 0 spiro atoms. The van der Waals surface area contributed by atoms with E-state index in [0.717, 1.165) is 29.7 Å². The highest BCUT2D eigenvalue weighted by Crippen LogP contribution is 2.27. The lowest BCUT2D eigenvalue weighted by Gasteiger charge is -2.11. The minimum atomic E-state index is -0.299. The summed E-state index contributed by atoms with van der Waals surface area (Å²) in [5, 5.41) is 2.97. The molecule has 3 N–H and O–H groups in total. The Hall–Kier alpha value is -2.98. The molecule has 130 valence electrons. The molecule has 1 amide bonds. The first kappa shape index (κ1) is 16.5. The third-order valence-corrected chi connectivity index (χ3v) is 4.76. The molecule has 3 aromatic rings. The summed E-state index contributed by atoms with van der Waals surface area (Å²) < 4.78 is 13.2. The SMILES string of the molecule is NC1Cc2ccc(NC(=O)c3ccccc3-c3ccc(F)cc3)cc2C1. The molecule has 0 radical (unpaired) electrons. The van der Waals surface area contributed by atoms with E-state index in [1.807, 2.05) is 36.4 Å². The lowest BCUT2D eigenvalue weighted by Crippen LogP contribution is -2.19. The third-order valence-electron chi connectivity index (χ3n) is 4.76. The van der Waals surface area contributed by atoms with E-state index >= 15 is 0 Å². The Morgan fingerprint density at radius 1 is 0.962 bits per heavy atom. The Balaban J connectivity index is 1.61. The molecule has 0 saturated heterocycles. The Kier molecular flexibility index (Phi) is 4.27. The van der Waals surface area contributed by atoms with Gasteiger partial charge in [0.2, 0.25) is 0 Å². The molecule has 0 fully saturated rings. The van der Waals surface area contributed by atoms with Gasteiger partial charge in [-0.3, -0.25) is 4.79 Å². The summed E-state index contributed by atoms with van der Waals surface area (Å²) >= 11 is 0. The Labute approximate surface area is 151 Å². The van der Waals surface area contributed by atoms with Gasteiger partial charge in [0.15, 0.2) is 0 Å². The van der Waals surface area contributed by atoms with Gasteiger partial charge in [0.1, 0.15) is 5.82 Å². The number of carbonyl (C=O) groups is 1. The predicted octanol–water partition coefficient (Wildman–Crippen LogP) is 4.17. The van der Waals surface area contributed by atoms with Gasteiger partial charge < -0.3 is 11.1 Å². The molecule has 0 saturated carbocycles. The van der Waals surface area contributed by atoms with Crippen molar-refractivity contribution in [2.75, 3.05) is 5.32 Å². The number of halogens is 1. The zero-order chi connectivity index (χ0) is 18.1. The fraction of sp³-hybridized carbons (Fsp3) is 0.136. The number of nitrogens with two attached hydrogens (primary N) is 1. The average Bonchev–Trinajstić information content (AvgIpc) is 3.01. The topological polar surface area (TPSA) is 55.1 Å². The van der Waals surface area contributed by atoms with E-state index < -0.39 is 0 Å². The molecule has 1 unspecified atom stereocenters. The van der Waals surface area contributed by atoms with E-state index in [1.54, 1.807) is 18.2 Å². The van der Waals surface area contributed by atoms with Crippen molar-refractivity contribution in [3.05, 3.63) is 89.2 Å². The van der Waals surface area contributed by atoms with E-state index in [0.29, 0.717) is 5.56 Å². The minimum absolute atomic E-state index is 0.162. The second-order valence-electron chi connectivity index (χ2n) is 6.66. The first-order valence-corrected chi connectivity index (χ1v) is 8.64. The van der Waals surface area contributed by atoms with Crippen molar-refractivity contribution in [2.45, 2.75) is 18.9 Å². The van der Waals surface area contributed by atoms with Gasteiger partial charge in [-0.15, -0.1) is 0 Å². The monoisotopic (exact) mass is 346 g/mol. The highest BCUT2D eigenvalue weighted by molar-refractivity contribution is 6.08. The van der Waals surface area contributed by atoms with Crippen molar-refractivity contribution in [1.82, 2.24) is 0 Å². The van der Waals surface area contributed by atoms with Crippen LogP contribution in [-0.4, -0.2) is 11.9 Å². The van der Waals surface area contributed by atoms with Crippen LogP contribution in [0.3, 0.4) is 0 Å². The number of nitrogens with one attached hydrogen (secondary N) is 1. The molecule has 1 atom stereocenters. The molecule has 0 bridgehead atoms. The maximum atomic E-state index is 13.2. The van der Waals surface area contributed by atoms with Crippen LogP contribution in [0.15, 0.2) is 66.7 Å². The van der Waals surface area contributed by atoms with Gasteiger partial charge in [-0.1, -0.05) is 36.4 Å². The number of fused-ring (bicyclic) bond motifs is 1. The van der Waals surface area contributed by atoms with Gasteiger partial charge >= 0.3 is 0 Å². The lowest BCUT2D eigenvalue weighted by molar-refractivity contribution is 0.102. The fourth-order valence-electron chi connectivity index (χ4n) is 3.49. The van der Waals surface area contributed by atoms with Gasteiger partial charge in [-0.2, -0.15) is 0 Å². The molecule has 3 nitrogen and oxygen atoms in total. The van der Waals surface area contributed by atoms with Gasteiger partial charge in [0.05, 0.1) is 0 Å². The third kappa shape index (κ3) is 3.24. The zero-order valence-electron chi connectivity index (χ0n) is 14.2. The van der Waals surface area contributed by atoms with E-state index in [9.17, 15) is 9.18 Å². The molecule has 26 heavy (non-hydrogen) atoms. The number of anilines is 1. The maximum absolute atomic E-state index is 13.2. The van der Waals surface area contributed by atoms with Crippen LogP contribution in [0.25, 0.3) is 11.1 Å². The number of carbonyl (C=O) groups excluding carboxylic acids is 1. The highest BCUT2D eigenvalue weighted by Gasteiger charge is 2.19. The Bertz CT molecular complexity index is 966. The number of amides is 1. The molecular formula is C22H19FN2O. The van der Waals surface area contributed by atoms with Crippen molar-refractivity contribution >= 4 is 11.6 Å². The van der Waals surface area contributed by atoms with E-state index in [-0.39, 0.29) is 17.8 Å². The largest absolute Gasteiger partial charge is 0.327 e. The lowest BCUT2D eigenvalue weighted by atomic mass is 9.99. The van der Waals surface area contributed by atoms with Gasteiger partial charge in [0, 0.05) is 17.3 Å². The number of benzene rings is 3. The molecule has 1 aliphatic rings. The van der Waals surface area contributed by atoms with E-state index in [4.69, 9.17) is 5.73 Å². The molecule has 4 rings (SSSR count). The molecule has 0 aromatic heterocycles. The number of hydrogen-bond donors (Lipinski definition) is 2. The van der Waals surface area contributed by atoms with Crippen molar-refractivity contribution in [3.8, 4) is 11.1 Å². The summed E-state index contributed by atoms with van der Waals surface area (Å²) in [6.45, 7) is 0. The minimum Gasteiger partial charge on any atom is -0.327 e. The second kappa shape index (κ2) is 6.73. The van der Waals surface area contributed by atoms with Crippen LogP contribution in [0.4, 0.5) is 10.1 Å². The normalized spacial score (nSPS) is 15.5. The van der Waals surface area contributed by atoms with Crippen molar-refractivity contribution in [1.29, 1.82) is 0 Å². The van der Waals surface area contributed by atoms with Gasteiger partial charge in [-0.05, 0) is 65.4 Å². The van der Waals surface area contributed by atoms with Gasteiger partial charge in [0.25, 0.3) is 5.91 Å². The van der Waals surface area contributed by atoms with Crippen LogP contribution in [-0.2, 0) is 12.8 Å². The van der Waals surface area contributed by atoms with Crippen LogP contribution in [0.5, 0.6) is 0 Å². The van der Waals surface area contributed by atoms with Crippen molar-refractivity contribution < 1.29 is 9.18 Å². The standard InChI is InChI=1S/C22H19FN2O/c23-17-8-5-14(6-9-17)20-3-1-2-4-21(20)22(26)25-19-10-7-15-11-18(24)12-16(15)13-19/h1-10,13,18H,11-12,24H2,(H,25,26). The summed E-state index contributed by atoms with van der Waals surface area (Å²) in [5.41, 5.74) is 11.3. The fourth-order valence-corrected chi connectivity index (χ4v) is 3.49. The zero-order valence-corrected chi connectivity index (χ0v) is 14.2. The van der Waals surface area contributed by atoms with Gasteiger partial charge in [-0.25, -0.2) is 4.39 Å². The molecule has 0 heterocycles. The summed E-state index contributed by atoms with van der Waals surface area (Å²) in [4.78, 5) is 12.8. The Morgan fingerprint density at radius 2 is 1.69 bits per heavy atom. The molecule has 0 aliphatic heterocycles. The van der Waals surface area contributed by atoms with E-state index in [1.165, 1.54) is 23.3 Å². The molecule has 1 aliphatic carbocycles. The highest BCUT2D eigenvalue weighted by atomic mass is 19.1. The van der Waals surface area contributed by atoms with E-state index in [2.05, 4.69) is 5.32 Å². The second-order valence-corrected chi connectivity index (χ2v) is 6.66. The number of hydrogen-bond acceptors (Lipinski definition) is 2. The quantitative estimate of drug-likeness (QED) is 0.748. The average molecular weight is 346 g/mol. The smallest absolute Gasteiger partial charge is 0.256 e. The maximum Gasteiger partial charge on any atom is 0.256 e. The summed E-state index contributed by atoms with van der Waals surface area (Å²) in [6.07, 6.45) is 1.72. The van der Waals surface area contributed by atoms with Crippen LogP contribution < -0.4 is 11.1 Å². The van der Waals surface area contributed by atoms with Crippen LogP contribution in [0.1, 0.15) is 21.5 Å². The predicted molar refractivity (Wildman–Crippen MR) is 102 cm³/mol. The molecule has 4 heteroatoms. The van der Waals surface area contributed by atoms with Crippen LogP contribution >= 0.6 is 0 Å². The molecular weight excluding hydrogens is 327 g/mol. The van der Waals surface area contributed by atoms with Crippen LogP contribution in [0.2, 0.25) is 0 Å². The molecule has 3 aromatic carbocycles. The Morgan fingerprint density at radius 3 is 2.50 bits per heavy atom. The number of rotatable bonds is 3. The summed E-state index contributed by atoms with van der Waals surface area (Å²) in [5.74, 6) is -0.487. The van der Waals surface area contributed by atoms with Crippen molar-refractivity contribution in [3.63, 3.8) is 0 Å². The summed E-state index contributed by atoms with van der Waals surface area (Å²) in [6, 6.07) is 19.6. The summed E-state index contributed by atoms with van der Waals surface area (Å²) in [7, 11) is 0. The van der Waals surface area contributed by atoms with Crippen molar-refractivity contribution in [2.24, 2.45) is 5.73 Å².